The predicted molar refractivity (Wildman–Crippen MR) is 148 cm³/mol. The minimum Gasteiger partial charge on any atom is -0.383 e. The Kier molecular flexibility index (Phi) is 8.00. The van der Waals surface area contributed by atoms with Crippen LogP contribution in [-0.2, 0) is 23.1 Å². The third-order valence-corrected chi connectivity index (χ3v) is 7.07. The second-order valence-electron chi connectivity index (χ2n) is 8.16. The molecule has 4 rings (SSSR count). The summed E-state index contributed by atoms with van der Waals surface area (Å²) in [5.74, 6) is 0.297. The van der Waals surface area contributed by atoms with Crippen LogP contribution >= 0.6 is 23.2 Å². The number of aromatic nitrogens is 2. The summed E-state index contributed by atoms with van der Waals surface area (Å²) in [6.07, 6.45) is 1.10. The molecule has 0 bridgehead atoms. The summed E-state index contributed by atoms with van der Waals surface area (Å²) < 4.78 is 34.8. The summed E-state index contributed by atoms with van der Waals surface area (Å²) in [4.78, 5) is 20.2. The molecule has 9 nitrogen and oxygen atoms in total. The predicted octanol–water partition coefficient (Wildman–Crippen LogP) is 5.70. The Morgan fingerprint density at radius 2 is 1.45 bits per heavy atom. The highest BCUT2D eigenvalue weighted by atomic mass is 35.5. The number of hydrogen-bond donors (Lipinski definition) is 4. The number of benzene rings is 3. The average molecular weight is 575 g/mol. The van der Waals surface area contributed by atoms with Crippen LogP contribution in [0.5, 0.6) is 0 Å². The molecule has 0 spiro atoms. The third-order valence-electron chi connectivity index (χ3n) is 5.49. The lowest BCUT2D eigenvalue weighted by molar-refractivity contribution is 0.262. The van der Waals surface area contributed by atoms with Crippen molar-refractivity contribution in [3.8, 4) is 11.1 Å². The number of urea groups is 1. The number of nitrogens with zero attached hydrogens (tertiary/aromatic N) is 2. The molecule has 0 saturated heterocycles. The van der Waals surface area contributed by atoms with E-state index in [0.717, 1.165) is 23.3 Å². The minimum atomic E-state index is -4.81. The molecule has 38 heavy (non-hydrogen) atoms. The Hall–Kier alpha value is -3.93. The second-order valence-corrected chi connectivity index (χ2v) is 10.3. The SMILES string of the molecule is Nc1nc(N)c(-c2ccc(Cl)c(Cl)c2)c(CCc2ccc(NC(=O)Nc3ccc(S(=O)(=O)F)cc3)cc2)n1. The van der Waals surface area contributed by atoms with E-state index in [-0.39, 0.29) is 11.8 Å². The number of amides is 2. The van der Waals surface area contributed by atoms with Crippen LogP contribution in [0.1, 0.15) is 11.3 Å². The van der Waals surface area contributed by atoms with Crippen molar-refractivity contribution < 1.29 is 17.1 Å². The fourth-order valence-corrected chi connectivity index (χ4v) is 4.46. The van der Waals surface area contributed by atoms with Gasteiger partial charge in [-0.3, -0.25) is 0 Å². The molecular formula is C25H21Cl2FN6O3S. The first-order valence-corrected chi connectivity index (χ1v) is 13.2. The van der Waals surface area contributed by atoms with E-state index in [0.29, 0.717) is 45.5 Å². The van der Waals surface area contributed by atoms with E-state index in [1.165, 1.54) is 12.1 Å². The maximum absolute atomic E-state index is 13.0. The number of anilines is 4. The number of halogens is 3. The zero-order valence-electron chi connectivity index (χ0n) is 19.6. The van der Waals surface area contributed by atoms with E-state index in [1.54, 1.807) is 30.3 Å². The molecule has 0 saturated carbocycles. The Labute approximate surface area is 228 Å². The summed E-state index contributed by atoms with van der Waals surface area (Å²) >= 11 is 12.2. The lowest BCUT2D eigenvalue weighted by Gasteiger charge is -2.13. The average Bonchev–Trinajstić information content (AvgIpc) is 2.85. The van der Waals surface area contributed by atoms with Gasteiger partial charge in [-0.15, -0.1) is 3.89 Å². The van der Waals surface area contributed by atoms with Crippen molar-refractivity contribution in [2.24, 2.45) is 0 Å². The molecule has 0 unspecified atom stereocenters. The number of nitrogens with two attached hydrogens (primary N) is 2. The highest BCUT2D eigenvalue weighted by Crippen LogP contribution is 2.33. The molecule has 2 amide bonds. The van der Waals surface area contributed by atoms with Crippen LogP contribution in [0.15, 0.2) is 71.6 Å². The van der Waals surface area contributed by atoms with Crippen LogP contribution < -0.4 is 22.1 Å². The number of nitrogens with one attached hydrogen (secondary N) is 2. The summed E-state index contributed by atoms with van der Waals surface area (Å²) in [5, 5.41) is 6.01. The number of rotatable bonds is 7. The number of aryl methyl sites for hydroxylation is 2. The topological polar surface area (TPSA) is 153 Å². The first-order valence-electron chi connectivity index (χ1n) is 11.1. The van der Waals surface area contributed by atoms with E-state index in [4.69, 9.17) is 34.7 Å². The van der Waals surface area contributed by atoms with Gasteiger partial charge in [-0.05, 0) is 72.5 Å². The van der Waals surface area contributed by atoms with Gasteiger partial charge < -0.3 is 22.1 Å². The molecule has 0 aliphatic heterocycles. The normalized spacial score (nSPS) is 11.2. The van der Waals surface area contributed by atoms with Crippen molar-refractivity contribution in [3.63, 3.8) is 0 Å². The van der Waals surface area contributed by atoms with Gasteiger partial charge in [-0.1, -0.05) is 41.4 Å². The Morgan fingerprint density at radius 1 is 0.842 bits per heavy atom. The zero-order chi connectivity index (χ0) is 27.4. The molecule has 0 atom stereocenters. The van der Waals surface area contributed by atoms with E-state index in [1.807, 2.05) is 12.1 Å². The summed E-state index contributed by atoms with van der Waals surface area (Å²) in [5.41, 5.74) is 15.8. The second kappa shape index (κ2) is 11.2. The highest BCUT2D eigenvalue weighted by molar-refractivity contribution is 7.86. The van der Waals surface area contributed by atoms with Crippen molar-refractivity contribution in [1.82, 2.24) is 9.97 Å². The molecule has 6 N–H and O–H groups in total. The van der Waals surface area contributed by atoms with E-state index >= 15 is 0 Å². The van der Waals surface area contributed by atoms with Crippen molar-refractivity contribution in [1.29, 1.82) is 0 Å². The van der Waals surface area contributed by atoms with Crippen LogP contribution in [-0.4, -0.2) is 24.4 Å². The van der Waals surface area contributed by atoms with E-state index in [2.05, 4.69) is 20.6 Å². The van der Waals surface area contributed by atoms with Gasteiger partial charge in [0.25, 0.3) is 0 Å². The van der Waals surface area contributed by atoms with Crippen LogP contribution in [0.25, 0.3) is 11.1 Å². The molecule has 196 valence electrons. The monoisotopic (exact) mass is 574 g/mol. The Morgan fingerprint density at radius 3 is 2.03 bits per heavy atom. The summed E-state index contributed by atoms with van der Waals surface area (Å²) in [6.45, 7) is 0. The first-order chi connectivity index (χ1) is 18.0. The standard InChI is InChI=1S/C25H21Cl2FN6O3S/c26-19-11-4-15(13-20(19)27)22-21(33-24(30)34-23(22)29)12-3-14-1-5-16(6-2-14)31-25(35)32-17-7-9-18(10-8-17)38(28,36)37/h1-2,4-11,13H,3,12H2,(H2,31,32,35)(H4,29,30,33,34). The summed E-state index contributed by atoms with van der Waals surface area (Å²) in [7, 11) is -4.81. The lowest BCUT2D eigenvalue weighted by Crippen LogP contribution is -2.19. The van der Waals surface area contributed by atoms with Crippen molar-refractivity contribution in [3.05, 3.63) is 88.0 Å². The fourth-order valence-electron chi connectivity index (χ4n) is 3.71. The maximum atomic E-state index is 13.0. The molecule has 1 aromatic heterocycles. The quantitative estimate of drug-likeness (QED) is 0.206. The van der Waals surface area contributed by atoms with Gasteiger partial charge >= 0.3 is 16.3 Å². The fraction of sp³-hybridized carbons (Fsp3) is 0.0800. The molecule has 13 heteroatoms. The van der Waals surface area contributed by atoms with Crippen molar-refractivity contribution in [2.75, 3.05) is 22.1 Å². The van der Waals surface area contributed by atoms with Crippen LogP contribution in [0.4, 0.5) is 31.8 Å². The molecular weight excluding hydrogens is 554 g/mol. The van der Waals surface area contributed by atoms with Gasteiger partial charge in [0.2, 0.25) is 5.95 Å². The van der Waals surface area contributed by atoms with Gasteiger partial charge in [-0.2, -0.15) is 13.4 Å². The van der Waals surface area contributed by atoms with E-state index in [9.17, 15) is 17.1 Å². The lowest BCUT2D eigenvalue weighted by atomic mass is 9.99. The van der Waals surface area contributed by atoms with Gasteiger partial charge in [-0.25, -0.2) is 9.78 Å². The Bertz CT molecular complexity index is 1600. The van der Waals surface area contributed by atoms with Crippen LogP contribution in [0.3, 0.4) is 0 Å². The molecule has 0 aliphatic carbocycles. The first kappa shape index (κ1) is 27.1. The molecule has 0 radical (unpaired) electrons. The third kappa shape index (κ3) is 6.68. The molecule has 3 aromatic carbocycles. The van der Waals surface area contributed by atoms with Gasteiger partial charge in [0.1, 0.15) is 5.82 Å². The van der Waals surface area contributed by atoms with Crippen LogP contribution in [0, 0.1) is 0 Å². The number of nitrogen functional groups attached to an aromatic ring is 2. The van der Waals surface area contributed by atoms with Gasteiger partial charge in [0.15, 0.2) is 0 Å². The molecule has 4 aromatic rings. The van der Waals surface area contributed by atoms with E-state index < -0.39 is 21.1 Å². The van der Waals surface area contributed by atoms with Crippen molar-refractivity contribution >= 4 is 62.6 Å². The summed E-state index contributed by atoms with van der Waals surface area (Å²) in [6, 6.07) is 16.5. The largest absolute Gasteiger partial charge is 0.383 e. The molecule has 0 aliphatic rings. The van der Waals surface area contributed by atoms with Crippen LogP contribution in [0.2, 0.25) is 10.0 Å². The van der Waals surface area contributed by atoms with Gasteiger partial charge in [0.05, 0.1) is 20.6 Å². The highest BCUT2D eigenvalue weighted by Gasteiger charge is 2.15. The van der Waals surface area contributed by atoms with Gasteiger partial charge in [0, 0.05) is 16.9 Å². The number of hydrogen-bond acceptors (Lipinski definition) is 7. The van der Waals surface area contributed by atoms with Crippen molar-refractivity contribution in [2.45, 2.75) is 17.7 Å². The number of carbonyl (C=O) groups excluding carboxylic acids is 1. The molecule has 1 heterocycles. The molecule has 0 fully saturated rings. The zero-order valence-corrected chi connectivity index (χ0v) is 21.9. The smallest absolute Gasteiger partial charge is 0.332 e. The minimum absolute atomic E-state index is 0.0628. The maximum Gasteiger partial charge on any atom is 0.332 e. The number of carbonyl (C=O) groups is 1. The Balaban J connectivity index is 1.41.